The molecule has 2 N–H and O–H groups in total. The second kappa shape index (κ2) is 6.36. The normalized spacial score (nSPS) is 13.2. The molecule has 0 saturated heterocycles. The third-order valence-corrected chi connectivity index (χ3v) is 5.28. The van der Waals surface area contributed by atoms with Crippen LogP contribution in [0.2, 0.25) is 0 Å². The maximum Gasteiger partial charge on any atom is 0.326 e. The van der Waals surface area contributed by atoms with Gasteiger partial charge in [0, 0.05) is 11.6 Å². The highest BCUT2D eigenvalue weighted by atomic mass is 32.2. The minimum absolute atomic E-state index is 0.0818. The second-order valence-corrected chi connectivity index (χ2v) is 8.07. The van der Waals surface area contributed by atoms with Gasteiger partial charge in [0.1, 0.15) is 10.3 Å². The number of rotatable bonds is 6. The Labute approximate surface area is 121 Å². The molecule has 1 heterocycles. The van der Waals surface area contributed by atoms with Gasteiger partial charge in [-0.1, -0.05) is 13.8 Å². The van der Waals surface area contributed by atoms with Crippen LogP contribution in [0, 0.1) is 5.92 Å². The van der Waals surface area contributed by atoms with Gasteiger partial charge >= 0.3 is 5.97 Å². The third kappa shape index (κ3) is 4.61. The van der Waals surface area contributed by atoms with E-state index in [1.54, 1.807) is 0 Å². The lowest BCUT2D eigenvalue weighted by molar-refractivity contribution is -0.139. The fourth-order valence-electron chi connectivity index (χ4n) is 1.56. The van der Waals surface area contributed by atoms with Crippen LogP contribution < -0.4 is 5.32 Å². The Hall–Kier alpha value is -1.41. The monoisotopic (exact) mass is 319 g/mol. The van der Waals surface area contributed by atoms with Crippen LogP contribution in [0.15, 0.2) is 15.7 Å². The predicted octanol–water partition coefficient (Wildman–Crippen LogP) is 1.38. The van der Waals surface area contributed by atoms with Crippen molar-refractivity contribution in [2.24, 2.45) is 5.92 Å². The number of sulfone groups is 1. The van der Waals surface area contributed by atoms with E-state index >= 15 is 0 Å². The van der Waals surface area contributed by atoms with Gasteiger partial charge in [-0.25, -0.2) is 13.2 Å². The highest BCUT2D eigenvalue weighted by Crippen LogP contribution is 2.20. The Bertz CT molecular complexity index is 603. The maximum absolute atomic E-state index is 11.9. The molecule has 0 aliphatic rings. The minimum atomic E-state index is -3.36. The van der Waals surface area contributed by atoms with Crippen molar-refractivity contribution in [2.75, 3.05) is 6.26 Å². The first-order valence-corrected chi connectivity index (χ1v) is 8.70. The number of aliphatic carboxylic acids is 1. The zero-order valence-electron chi connectivity index (χ0n) is 11.4. The average Bonchev–Trinajstić information content (AvgIpc) is 2.75. The molecule has 0 spiro atoms. The number of carboxylic acids is 1. The van der Waals surface area contributed by atoms with Gasteiger partial charge in [-0.15, -0.1) is 11.3 Å². The van der Waals surface area contributed by atoms with Crippen LogP contribution in [0.3, 0.4) is 0 Å². The van der Waals surface area contributed by atoms with Crippen molar-refractivity contribution in [3.05, 3.63) is 17.0 Å². The molecule has 1 amide bonds. The zero-order chi connectivity index (χ0) is 15.5. The molecule has 0 aliphatic carbocycles. The lowest BCUT2D eigenvalue weighted by atomic mass is 10.0. The molecule has 0 fully saturated rings. The van der Waals surface area contributed by atoms with E-state index in [0.29, 0.717) is 6.42 Å². The molecular weight excluding hydrogens is 302 g/mol. The average molecular weight is 319 g/mol. The van der Waals surface area contributed by atoms with E-state index in [4.69, 9.17) is 5.11 Å². The molecule has 20 heavy (non-hydrogen) atoms. The van der Waals surface area contributed by atoms with Gasteiger partial charge in [-0.05, 0) is 18.4 Å². The molecule has 0 saturated carbocycles. The SMILES string of the molecule is CC(C)C[C@@H](NC(=O)c1csc(S(C)(=O)=O)c1)C(=O)O. The molecular formula is C12H17NO5S2. The number of hydrogen-bond donors (Lipinski definition) is 2. The number of carbonyl (C=O) groups is 2. The standard InChI is InChI=1S/C12H17NO5S2/c1-7(2)4-9(12(15)16)13-11(14)8-5-10(19-6-8)20(3,17)18/h5-7,9H,4H2,1-3H3,(H,13,14)(H,15,16)/t9-/m1/s1. The summed E-state index contributed by atoms with van der Waals surface area (Å²) in [5.41, 5.74) is 0.158. The summed E-state index contributed by atoms with van der Waals surface area (Å²) in [6.45, 7) is 3.71. The molecule has 0 radical (unpaired) electrons. The summed E-state index contributed by atoms with van der Waals surface area (Å²) in [5.74, 6) is -1.57. The van der Waals surface area contributed by atoms with Crippen molar-refractivity contribution in [1.82, 2.24) is 5.32 Å². The number of hydrogen-bond acceptors (Lipinski definition) is 5. The molecule has 1 rings (SSSR count). The van der Waals surface area contributed by atoms with Crippen LogP contribution in [-0.2, 0) is 14.6 Å². The third-order valence-electron chi connectivity index (χ3n) is 2.51. The Morgan fingerprint density at radius 1 is 1.40 bits per heavy atom. The van der Waals surface area contributed by atoms with E-state index in [-0.39, 0.29) is 15.7 Å². The van der Waals surface area contributed by atoms with Crippen LogP contribution in [0.25, 0.3) is 0 Å². The molecule has 8 heteroatoms. The lowest BCUT2D eigenvalue weighted by Gasteiger charge is -2.15. The number of amides is 1. The van der Waals surface area contributed by atoms with Gasteiger partial charge in [0.15, 0.2) is 9.84 Å². The smallest absolute Gasteiger partial charge is 0.326 e. The van der Waals surface area contributed by atoms with Gasteiger partial charge in [-0.2, -0.15) is 0 Å². The number of carbonyl (C=O) groups excluding carboxylic acids is 1. The van der Waals surface area contributed by atoms with E-state index in [1.807, 2.05) is 13.8 Å². The lowest BCUT2D eigenvalue weighted by Crippen LogP contribution is -2.41. The van der Waals surface area contributed by atoms with Gasteiger partial charge in [0.2, 0.25) is 0 Å². The number of nitrogens with one attached hydrogen (secondary N) is 1. The Morgan fingerprint density at radius 2 is 2.00 bits per heavy atom. The Balaban J connectivity index is 2.84. The fourth-order valence-corrected chi connectivity index (χ4v) is 3.36. The highest BCUT2D eigenvalue weighted by molar-refractivity contribution is 7.92. The van der Waals surface area contributed by atoms with Crippen LogP contribution >= 0.6 is 11.3 Å². The number of carboxylic acid groups (broad SMARTS) is 1. The molecule has 0 unspecified atom stereocenters. The van der Waals surface area contributed by atoms with Gasteiger partial charge in [-0.3, -0.25) is 4.79 Å². The van der Waals surface area contributed by atoms with Crippen molar-refractivity contribution < 1.29 is 23.1 Å². The van der Waals surface area contributed by atoms with E-state index in [1.165, 1.54) is 11.4 Å². The van der Waals surface area contributed by atoms with Crippen molar-refractivity contribution in [1.29, 1.82) is 0 Å². The first kappa shape index (κ1) is 16.6. The molecule has 1 aromatic rings. The summed E-state index contributed by atoms with van der Waals surface area (Å²) in [6, 6.07) is 0.271. The Morgan fingerprint density at radius 3 is 2.40 bits per heavy atom. The van der Waals surface area contributed by atoms with Crippen LogP contribution in [0.1, 0.15) is 30.6 Å². The summed E-state index contributed by atoms with van der Waals surface area (Å²) in [6.07, 6.45) is 1.36. The molecule has 0 aromatic carbocycles. The molecule has 0 bridgehead atoms. The van der Waals surface area contributed by atoms with Crippen molar-refractivity contribution in [3.8, 4) is 0 Å². The molecule has 0 aliphatic heterocycles. The highest BCUT2D eigenvalue weighted by Gasteiger charge is 2.23. The van der Waals surface area contributed by atoms with E-state index < -0.39 is 27.8 Å². The zero-order valence-corrected chi connectivity index (χ0v) is 13.0. The fraction of sp³-hybridized carbons (Fsp3) is 0.500. The minimum Gasteiger partial charge on any atom is -0.480 e. The maximum atomic E-state index is 11.9. The van der Waals surface area contributed by atoms with Gasteiger partial charge < -0.3 is 10.4 Å². The van der Waals surface area contributed by atoms with Crippen molar-refractivity contribution >= 4 is 33.1 Å². The van der Waals surface area contributed by atoms with E-state index in [2.05, 4.69) is 5.32 Å². The Kier molecular flexibility index (Phi) is 5.29. The van der Waals surface area contributed by atoms with Gasteiger partial charge in [0.05, 0.1) is 5.56 Å². The first-order valence-electron chi connectivity index (χ1n) is 5.93. The topological polar surface area (TPSA) is 101 Å². The van der Waals surface area contributed by atoms with Crippen LogP contribution in [0.5, 0.6) is 0 Å². The van der Waals surface area contributed by atoms with Gasteiger partial charge in [0.25, 0.3) is 5.91 Å². The van der Waals surface area contributed by atoms with Crippen molar-refractivity contribution in [3.63, 3.8) is 0 Å². The van der Waals surface area contributed by atoms with E-state index in [9.17, 15) is 18.0 Å². The summed E-state index contributed by atoms with van der Waals surface area (Å²) in [7, 11) is -3.36. The number of thiophene rings is 1. The molecule has 6 nitrogen and oxygen atoms in total. The summed E-state index contributed by atoms with van der Waals surface area (Å²) >= 11 is 0.938. The first-order chi connectivity index (χ1) is 9.11. The summed E-state index contributed by atoms with van der Waals surface area (Å²) in [4.78, 5) is 23.0. The predicted molar refractivity (Wildman–Crippen MR) is 75.8 cm³/mol. The van der Waals surface area contributed by atoms with Crippen LogP contribution in [0.4, 0.5) is 0 Å². The quantitative estimate of drug-likeness (QED) is 0.825. The largest absolute Gasteiger partial charge is 0.480 e. The molecule has 1 atom stereocenters. The van der Waals surface area contributed by atoms with E-state index in [0.717, 1.165) is 17.6 Å². The van der Waals surface area contributed by atoms with Crippen LogP contribution in [-0.4, -0.2) is 37.7 Å². The summed E-state index contributed by atoms with van der Waals surface area (Å²) in [5, 5.41) is 12.8. The molecule has 112 valence electrons. The molecule has 1 aromatic heterocycles. The summed E-state index contributed by atoms with van der Waals surface area (Å²) < 4.78 is 22.7. The van der Waals surface area contributed by atoms with Crippen molar-refractivity contribution in [2.45, 2.75) is 30.5 Å². The second-order valence-electron chi connectivity index (χ2n) is 4.92.